The van der Waals surface area contributed by atoms with Crippen molar-refractivity contribution in [2.75, 3.05) is 13.1 Å². The number of carbonyl (C=O) groups is 1. The molecule has 1 aromatic rings. The van der Waals surface area contributed by atoms with Crippen LogP contribution < -0.4 is 10.6 Å². The number of halogens is 3. The van der Waals surface area contributed by atoms with E-state index in [4.69, 9.17) is 11.6 Å². The molecule has 0 aromatic heterocycles. The molecule has 0 unspecified atom stereocenters. The Labute approximate surface area is 118 Å². The summed E-state index contributed by atoms with van der Waals surface area (Å²) >= 11 is 5.78. The fourth-order valence-electron chi connectivity index (χ4n) is 1.47. The van der Waals surface area contributed by atoms with Crippen molar-refractivity contribution in [2.24, 2.45) is 0 Å². The van der Waals surface area contributed by atoms with E-state index in [1.807, 2.05) is 13.8 Å². The number of hydrogen-bond donors (Lipinski definition) is 2. The smallest absolute Gasteiger partial charge is 0.255 e. The summed E-state index contributed by atoms with van der Waals surface area (Å²) in [6.07, 6.45) is 0. The number of carbonyl (C=O) groups excluding carboxylic acids is 1. The van der Waals surface area contributed by atoms with Crippen molar-refractivity contribution >= 4 is 29.9 Å². The summed E-state index contributed by atoms with van der Waals surface area (Å²) < 4.78 is 13.4. The molecule has 2 N–H and O–H groups in total. The third-order valence-corrected chi connectivity index (χ3v) is 2.63. The van der Waals surface area contributed by atoms with E-state index in [0.29, 0.717) is 6.54 Å². The minimum Gasteiger partial charge on any atom is -0.350 e. The molecule has 6 heteroatoms. The summed E-state index contributed by atoms with van der Waals surface area (Å²) in [7, 11) is 0. The normalized spacial score (nSPS) is 11.6. The molecule has 1 aromatic carbocycles. The van der Waals surface area contributed by atoms with E-state index >= 15 is 0 Å². The second kappa shape index (κ2) is 8.29. The molecule has 0 heterocycles. The van der Waals surface area contributed by atoms with E-state index in [-0.39, 0.29) is 29.0 Å². The van der Waals surface area contributed by atoms with Crippen LogP contribution in [0.2, 0.25) is 5.02 Å². The van der Waals surface area contributed by atoms with E-state index in [0.717, 1.165) is 6.54 Å². The Morgan fingerprint density at radius 1 is 1.50 bits per heavy atom. The van der Waals surface area contributed by atoms with Crippen molar-refractivity contribution in [2.45, 2.75) is 19.9 Å². The lowest BCUT2D eigenvalue weighted by atomic mass is 10.2. The lowest BCUT2D eigenvalue weighted by molar-refractivity contribution is 0.0946. The van der Waals surface area contributed by atoms with Crippen LogP contribution in [-0.4, -0.2) is 25.0 Å². The Balaban J connectivity index is 0.00000289. The van der Waals surface area contributed by atoms with Gasteiger partial charge in [0.25, 0.3) is 5.91 Å². The molecule has 0 bridgehead atoms. The molecule has 3 nitrogen and oxygen atoms in total. The number of amides is 1. The van der Waals surface area contributed by atoms with E-state index in [1.54, 1.807) is 0 Å². The van der Waals surface area contributed by atoms with Gasteiger partial charge in [-0.3, -0.25) is 4.79 Å². The monoisotopic (exact) mass is 294 g/mol. The minimum absolute atomic E-state index is 0. The lowest BCUT2D eigenvalue weighted by Gasteiger charge is -2.13. The van der Waals surface area contributed by atoms with Crippen LogP contribution in [-0.2, 0) is 0 Å². The zero-order chi connectivity index (χ0) is 12.8. The largest absolute Gasteiger partial charge is 0.350 e. The molecule has 1 atom stereocenters. The number of rotatable bonds is 5. The predicted molar refractivity (Wildman–Crippen MR) is 74.1 cm³/mol. The van der Waals surface area contributed by atoms with Gasteiger partial charge < -0.3 is 10.6 Å². The molecule has 0 aliphatic carbocycles. The Morgan fingerprint density at radius 2 is 2.17 bits per heavy atom. The van der Waals surface area contributed by atoms with Crippen molar-refractivity contribution in [3.8, 4) is 0 Å². The van der Waals surface area contributed by atoms with Gasteiger partial charge in [-0.15, -0.1) is 12.4 Å². The number of likely N-dealkylation sites (N-methyl/N-ethyl adjacent to an activating group) is 1. The second-order valence-corrected chi connectivity index (χ2v) is 4.17. The average molecular weight is 295 g/mol. The number of hydrogen-bond acceptors (Lipinski definition) is 2. The van der Waals surface area contributed by atoms with Crippen LogP contribution in [0.25, 0.3) is 0 Å². The molecule has 102 valence electrons. The van der Waals surface area contributed by atoms with E-state index < -0.39 is 11.7 Å². The highest BCUT2D eigenvalue weighted by Crippen LogP contribution is 2.18. The van der Waals surface area contributed by atoms with Crippen LogP contribution >= 0.6 is 24.0 Å². The first-order valence-corrected chi connectivity index (χ1v) is 5.89. The summed E-state index contributed by atoms with van der Waals surface area (Å²) in [6, 6.07) is 4.31. The van der Waals surface area contributed by atoms with Gasteiger partial charge in [0.15, 0.2) is 0 Å². The summed E-state index contributed by atoms with van der Waals surface area (Å²) in [5, 5.41) is 5.90. The fourth-order valence-corrected chi connectivity index (χ4v) is 1.72. The maximum absolute atomic E-state index is 13.4. The van der Waals surface area contributed by atoms with Crippen molar-refractivity contribution in [1.82, 2.24) is 10.6 Å². The molecular formula is C12H17Cl2FN2O. The molecule has 1 rings (SSSR count). The van der Waals surface area contributed by atoms with Gasteiger partial charge in [0.05, 0.1) is 10.6 Å². The highest BCUT2D eigenvalue weighted by molar-refractivity contribution is 6.33. The quantitative estimate of drug-likeness (QED) is 0.877. The van der Waals surface area contributed by atoms with Gasteiger partial charge in [0.1, 0.15) is 5.82 Å². The average Bonchev–Trinajstić information content (AvgIpc) is 2.26. The first-order chi connectivity index (χ1) is 8.06. The molecular weight excluding hydrogens is 278 g/mol. The van der Waals surface area contributed by atoms with E-state index in [9.17, 15) is 9.18 Å². The SMILES string of the molecule is CCN[C@H](C)CNC(=O)c1c(F)cccc1Cl.Cl. The van der Waals surface area contributed by atoms with Crippen molar-refractivity contribution in [3.05, 3.63) is 34.6 Å². The zero-order valence-electron chi connectivity index (χ0n) is 10.3. The third kappa shape index (κ3) is 4.80. The topological polar surface area (TPSA) is 41.1 Å². The van der Waals surface area contributed by atoms with E-state index in [1.165, 1.54) is 18.2 Å². The molecule has 1 amide bonds. The van der Waals surface area contributed by atoms with Crippen molar-refractivity contribution < 1.29 is 9.18 Å². The maximum Gasteiger partial charge on any atom is 0.255 e. The molecule has 0 aliphatic rings. The van der Waals surface area contributed by atoms with Gasteiger partial charge in [-0.2, -0.15) is 0 Å². The molecule has 0 saturated heterocycles. The Bertz CT molecular complexity index is 381. The fraction of sp³-hybridized carbons (Fsp3) is 0.417. The Kier molecular flexibility index (Phi) is 7.91. The highest BCUT2D eigenvalue weighted by Gasteiger charge is 2.15. The number of nitrogens with one attached hydrogen (secondary N) is 2. The predicted octanol–water partition coefficient (Wildman–Crippen LogP) is 2.63. The van der Waals surface area contributed by atoms with Gasteiger partial charge in [-0.05, 0) is 25.6 Å². The molecule has 0 spiro atoms. The molecule has 18 heavy (non-hydrogen) atoms. The third-order valence-electron chi connectivity index (χ3n) is 2.31. The van der Waals surface area contributed by atoms with Crippen LogP contribution in [0.4, 0.5) is 4.39 Å². The van der Waals surface area contributed by atoms with E-state index in [2.05, 4.69) is 10.6 Å². The second-order valence-electron chi connectivity index (χ2n) is 3.77. The van der Waals surface area contributed by atoms with Crippen molar-refractivity contribution in [1.29, 1.82) is 0 Å². The van der Waals surface area contributed by atoms with Crippen LogP contribution in [0, 0.1) is 5.82 Å². The van der Waals surface area contributed by atoms with Gasteiger partial charge in [0.2, 0.25) is 0 Å². The van der Waals surface area contributed by atoms with Crippen LogP contribution in [0.3, 0.4) is 0 Å². The van der Waals surface area contributed by atoms with Crippen LogP contribution in [0.15, 0.2) is 18.2 Å². The van der Waals surface area contributed by atoms with Crippen LogP contribution in [0.1, 0.15) is 24.2 Å². The lowest BCUT2D eigenvalue weighted by Crippen LogP contribution is -2.39. The molecule has 0 aliphatic heterocycles. The van der Waals surface area contributed by atoms with Crippen LogP contribution in [0.5, 0.6) is 0 Å². The van der Waals surface area contributed by atoms with Gasteiger partial charge in [-0.25, -0.2) is 4.39 Å². The minimum atomic E-state index is -0.605. The summed E-state index contributed by atoms with van der Waals surface area (Å²) in [5.41, 5.74) is -0.0992. The van der Waals surface area contributed by atoms with Gasteiger partial charge >= 0.3 is 0 Å². The summed E-state index contributed by atoms with van der Waals surface area (Å²) in [6.45, 7) is 5.16. The molecule has 0 saturated carbocycles. The first-order valence-electron chi connectivity index (χ1n) is 5.51. The highest BCUT2D eigenvalue weighted by atomic mass is 35.5. The molecule has 0 fully saturated rings. The standard InChI is InChI=1S/C12H16ClFN2O.ClH/c1-3-15-8(2)7-16-12(17)11-9(13)5-4-6-10(11)14;/h4-6,8,15H,3,7H2,1-2H3,(H,16,17);1H/t8-;/m1./s1. The van der Waals surface area contributed by atoms with Crippen molar-refractivity contribution in [3.63, 3.8) is 0 Å². The summed E-state index contributed by atoms with van der Waals surface area (Å²) in [5.74, 6) is -1.09. The molecule has 0 radical (unpaired) electrons. The number of benzene rings is 1. The van der Waals surface area contributed by atoms with Gasteiger partial charge in [-0.1, -0.05) is 24.6 Å². The zero-order valence-corrected chi connectivity index (χ0v) is 11.9. The Hall–Kier alpha value is -0.840. The Morgan fingerprint density at radius 3 is 2.72 bits per heavy atom. The first kappa shape index (κ1) is 17.2. The summed E-state index contributed by atoms with van der Waals surface area (Å²) in [4.78, 5) is 11.7. The van der Waals surface area contributed by atoms with Gasteiger partial charge in [0, 0.05) is 12.6 Å². The maximum atomic E-state index is 13.4.